The van der Waals surface area contributed by atoms with Crippen molar-refractivity contribution in [3.05, 3.63) is 48.7 Å². The van der Waals surface area contributed by atoms with E-state index in [1.165, 1.54) is 11.9 Å². The number of carbonyl (C=O) groups is 1. The molecule has 0 aliphatic carbocycles. The van der Waals surface area contributed by atoms with E-state index in [1.807, 2.05) is 43.6 Å². The Morgan fingerprint density at radius 2 is 1.88 bits per heavy atom. The molecule has 0 unspecified atom stereocenters. The Balaban J connectivity index is 1.88. The maximum absolute atomic E-state index is 11.9. The summed E-state index contributed by atoms with van der Waals surface area (Å²) in [6.45, 7) is 6.47. The normalized spacial score (nSPS) is 11.3. The van der Waals surface area contributed by atoms with Gasteiger partial charge in [-0.2, -0.15) is 0 Å². The maximum Gasteiger partial charge on any atom is 0.411 e. The lowest BCUT2D eigenvalue weighted by atomic mass is 10.1. The third kappa shape index (κ3) is 6.87. The van der Waals surface area contributed by atoms with Crippen LogP contribution in [0.4, 0.5) is 16.2 Å². The lowest BCUT2D eigenvalue weighted by molar-refractivity contribution is 0.168. The predicted octanol–water partition coefficient (Wildman–Crippen LogP) is 6.70. The average molecular weight is 491 g/mol. The van der Waals surface area contributed by atoms with Crippen LogP contribution in [0, 0.1) is 0 Å². The zero-order valence-electron chi connectivity index (χ0n) is 18.5. The van der Waals surface area contributed by atoms with Crippen LogP contribution >= 0.6 is 34.9 Å². The molecule has 0 spiro atoms. The molecule has 2 aromatic carbocycles. The van der Waals surface area contributed by atoms with Crippen LogP contribution in [0.2, 0.25) is 0 Å². The Hall–Kier alpha value is -2.26. The molecule has 0 aliphatic rings. The Morgan fingerprint density at radius 1 is 1.16 bits per heavy atom. The first-order valence-corrected chi connectivity index (χ1v) is 12.3. The van der Waals surface area contributed by atoms with Crippen molar-refractivity contribution in [3.63, 3.8) is 0 Å². The van der Waals surface area contributed by atoms with Crippen LogP contribution in [0.3, 0.4) is 0 Å². The van der Waals surface area contributed by atoms with E-state index in [1.54, 1.807) is 11.3 Å². The van der Waals surface area contributed by atoms with Crippen molar-refractivity contribution in [2.45, 2.75) is 31.2 Å². The molecule has 1 amide bonds. The summed E-state index contributed by atoms with van der Waals surface area (Å²) in [6.07, 6.45) is 1.37. The van der Waals surface area contributed by atoms with E-state index >= 15 is 0 Å². The smallest absolute Gasteiger partial charge is 0.411 e. The highest BCUT2D eigenvalue weighted by atomic mass is 35.5. The van der Waals surface area contributed by atoms with Gasteiger partial charge < -0.3 is 10.1 Å². The van der Waals surface area contributed by atoms with Gasteiger partial charge in [-0.25, -0.2) is 9.78 Å². The number of benzene rings is 2. The summed E-state index contributed by atoms with van der Waals surface area (Å²) >= 11 is 8.74. The molecule has 0 bridgehead atoms. The molecule has 0 radical (unpaired) electrons. The van der Waals surface area contributed by atoms with Gasteiger partial charge in [0.1, 0.15) is 11.6 Å². The molecule has 0 saturated carbocycles. The summed E-state index contributed by atoms with van der Waals surface area (Å²) in [5, 5.41) is 6.84. The van der Waals surface area contributed by atoms with Gasteiger partial charge in [-0.05, 0) is 69.1 Å². The van der Waals surface area contributed by atoms with Crippen LogP contribution in [0.15, 0.2) is 53.6 Å². The first-order chi connectivity index (χ1) is 15.3. The van der Waals surface area contributed by atoms with Crippen LogP contribution in [0.25, 0.3) is 21.0 Å². The van der Waals surface area contributed by atoms with Gasteiger partial charge in [-0.3, -0.25) is 10.0 Å². The van der Waals surface area contributed by atoms with E-state index < -0.39 is 6.09 Å². The standard InChI is InChI=1S/C23H27ClN4O2S2/c1-23(2,3)28-32-19-13-17(27-22(29)30-12-11-24)9-10-18(19)20-14-26-21(31-20)15-5-7-16(25-4)8-6-15/h5-10,13-14,25,28H,11-12H2,1-4H3,(H,27,29). The largest absolute Gasteiger partial charge is 0.448 e. The van der Waals surface area contributed by atoms with Gasteiger partial charge in [0.05, 0.1) is 10.8 Å². The third-order valence-corrected chi connectivity index (χ3v) is 6.70. The van der Waals surface area contributed by atoms with Gasteiger partial charge in [0.25, 0.3) is 0 Å². The van der Waals surface area contributed by atoms with Crippen molar-refractivity contribution in [2.24, 2.45) is 0 Å². The highest BCUT2D eigenvalue weighted by Crippen LogP contribution is 2.38. The Labute approximate surface area is 202 Å². The van der Waals surface area contributed by atoms with E-state index in [9.17, 15) is 4.79 Å². The number of rotatable bonds is 8. The highest BCUT2D eigenvalue weighted by Gasteiger charge is 2.16. The lowest BCUT2D eigenvalue weighted by Crippen LogP contribution is -2.29. The number of anilines is 2. The minimum Gasteiger partial charge on any atom is -0.448 e. The fraction of sp³-hybridized carbons (Fsp3) is 0.304. The number of hydrogen-bond donors (Lipinski definition) is 3. The Morgan fingerprint density at radius 3 is 2.53 bits per heavy atom. The van der Waals surface area contributed by atoms with Crippen molar-refractivity contribution in [2.75, 3.05) is 30.2 Å². The third-order valence-electron chi connectivity index (χ3n) is 4.20. The molecule has 3 N–H and O–H groups in total. The fourth-order valence-corrected chi connectivity index (χ4v) is 4.69. The number of halogens is 1. The van der Waals surface area contributed by atoms with E-state index in [0.29, 0.717) is 5.69 Å². The number of nitrogens with zero attached hydrogens (tertiary/aromatic N) is 1. The van der Waals surface area contributed by atoms with Crippen molar-refractivity contribution in [1.29, 1.82) is 0 Å². The SMILES string of the molecule is CNc1ccc(-c2ncc(-c3ccc(NC(=O)OCCCl)cc3SNC(C)(C)C)s2)cc1. The molecule has 3 aromatic rings. The highest BCUT2D eigenvalue weighted by molar-refractivity contribution is 7.97. The van der Waals surface area contributed by atoms with Gasteiger partial charge in [0, 0.05) is 46.2 Å². The van der Waals surface area contributed by atoms with Crippen LogP contribution in [0.5, 0.6) is 0 Å². The summed E-state index contributed by atoms with van der Waals surface area (Å²) in [6, 6.07) is 14.0. The van der Waals surface area contributed by atoms with E-state index in [0.717, 1.165) is 31.6 Å². The number of aromatic nitrogens is 1. The molecule has 32 heavy (non-hydrogen) atoms. The molecule has 3 rings (SSSR count). The van der Waals surface area contributed by atoms with E-state index in [2.05, 4.69) is 53.2 Å². The molecule has 0 saturated heterocycles. The Bertz CT molecular complexity index is 1050. The Kier molecular flexibility index (Phi) is 8.42. The van der Waals surface area contributed by atoms with Crippen LogP contribution in [-0.2, 0) is 4.74 Å². The first kappa shape index (κ1) is 24.4. The molecular weight excluding hydrogens is 464 g/mol. The maximum atomic E-state index is 11.9. The molecule has 1 aromatic heterocycles. The number of thiazole rings is 1. The van der Waals surface area contributed by atoms with Crippen molar-refractivity contribution in [3.8, 4) is 21.0 Å². The molecule has 6 nitrogen and oxygen atoms in total. The number of ether oxygens (including phenoxy) is 1. The second-order valence-electron chi connectivity index (χ2n) is 7.97. The summed E-state index contributed by atoms with van der Waals surface area (Å²) in [4.78, 5) is 18.6. The monoisotopic (exact) mass is 490 g/mol. The minimum atomic E-state index is -0.525. The van der Waals surface area contributed by atoms with Gasteiger partial charge in [-0.1, -0.05) is 6.07 Å². The van der Waals surface area contributed by atoms with Crippen LogP contribution in [0.1, 0.15) is 20.8 Å². The van der Waals surface area contributed by atoms with Crippen LogP contribution < -0.4 is 15.4 Å². The molecule has 170 valence electrons. The second kappa shape index (κ2) is 11.0. The summed E-state index contributed by atoms with van der Waals surface area (Å²) in [7, 11) is 1.90. The van der Waals surface area contributed by atoms with Crippen LogP contribution in [-0.4, -0.2) is 36.2 Å². The number of alkyl halides is 1. The van der Waals surface area contributed by atoms with Crippen molar-refractivity contribution >= 4 is 52.4 Å². The summed E-state index contributed by atoms with van der Waals surface area (Å²) < 4.78 is 8.46. The van der Waals surface area contributed by atoms with Gasteiger partial charge in [-0.15, -0.1) is 22.9 Å². The molecule has 0 fully saturated rings. The van der Waals surface area contributed by atoms with Gasteiger partial charge in [0.15, 0.2) is 0 Å². The zero-order chi connectivity index (χ0) is 23.1. The lowest BCUT2D eigenvalue weighted by Gasteiger charge is -2.21. The average Bonchev–Trinajstić information content (AvgIpc) is 3.26. The first-order valence-electron chi connectivity index (χ1n) is 10.1. The second-order valence-corrected chi connectivity index (χ2v) is 10.2. The topological polar surface area (TPSA) is 75.3 Å². The fourth-order valence-electron chi connectivity index (χ4n) is 2.69. The summed E-state index contributed by atoms with van der Waals surface area (Å²) in [5.41, 5.74) is 3.74. The molecule has 0 atom stereocenters. The zero-order valence-corrected chi connectivity index (χ0v) is 20.9. The quantitative estimate of drug-likeness (QED) is 0.241. The van der Waals surface area contributed by atoms with Gasteiger partial charge >= 0.3 is 6.09 Å². The molecule has 0 aliphatic heterocycles. The minimum absolute atomic E-state index is 0.0848. The number of nitrogens with one attached hydrogen (secondary N) is 3. The number of amides is 1. The molecule has 9 heteroatoms. The number of carbonyl (C=O) groups excluding carboxylic acids is 1. The summed E-state index contributed by atoms with van der Waals surface area (Å²) in [5.74, 6) is 0.258. The van der Waals surface area contributed by atoms with Crippen molar-refractivity contribution < 1.29 is 9.53 Å². The predicted molar refractivity (Wildman–Crippen MR) is 137 cm³/mol. The van der Waals surface area contributed by atoms with Crippen molar-refractivity contribution in [1.82, 2.24) is 9.71 Å². The van der Waals surface area contributed by atoms with Gasteiger partial charge in [0.2, 0.25) is 0 Å². The van der Waals surface area contributed by atoms with E-state index in [-0.39, 0.29) is 18.0 Å². The molecule has 1 heterocycles. The van der Waals surface area contributed by atoms with E-state index in [4.69, 9.17) is 16.3 Å². The molecular formula is C23H27ClN4O2S2. The number of hydrogen-bond acceptors (Lipinski definition) is 7.